The zero-order chi connectivity index (χ0) is 10.8. The first kappa shape index (κ1) is 10.2. The van der Waals surface area contributed by atoms with Gasteiger partial charge in [-0.2, -0.15) is 0 Å². The molecule has 5 heteroatoms. The number of carbonyl (C=O) groups is 1. The van der Waals surface area contributed by atoms with Crippen LogP contribution in [0.15, 0.2) is 10.8 Å². The Morgan fingerprint density at radius 2 is 2.53 bits per heavy atom. The highest BCUT2D eigenvalue weighted by Gasteiger charge is 2.26. The second-order valence-corrected chi connectivity index (χ2v) is 3.81. The third kappa shape index (κ3) is 1.87. The Morgan fingerprint density at radius 1 is 1.73 bits per heavy atom. The van der Waals surface area contributed by atoms with Gasteiger partial charge >= 0.3 is 0 Å². The van der Waals surface area contributed by atoms with Gasteiger partial charge in [0.1, 0.15) is 5.76 Å². The standard InChI is InChI=1S/C10H15N3O2/c1-7-5-11-3-4-13(7)10(14)9-8(2)15-6-12-9/h6-7,11H,3-5H2,1-2H3/t7-/m1/s1. The van der Waals surface area contributed by atoms with Crippen LogP contribution in [0, 0.1) is 6.92 Å². The first-order chi connectivity index (χ1) is 7.20. The highest BCUT2D eigenvalue weighted by atomic mass is 16.3. The summed E-state index contributed by atoms with van der Waals surface area (Å²) in [6.45, 7) is 6.19. The summed E-state index contributed by atoms with van der Waals surface area (Å²) in [7, 11) is 0. The first-order valence-corrected chi connectivity index (χ1v) is 5.12. The van der Waals surface area contributed by atoms with Gasteiger partial charge in [0, 0.05) is 25.7 Å². The SMILES string of the molecule is Cc1ocnc1C(=O)N1CCNC[C@H]1C. The molecule has 1 aliphatic heterocycles. The topological polar surface area (TPSA) is 58.4 Å². The minimum Gasteiger partial charge on any atom is -0.448 e. The van der Waals surface area contributed by atoms with E-state index in [2.05, 4.69) is 10.3 Å². The summed E-state index contributed by atoms with van der Waals surface area (Å²) in [6, 6.07) is 0.211. The van der Waals surface area contributed by atoms with E-state index in [0.29, 0.717) is 11.5 Å². The molecule has 0 radical (unpaired) electrons. The molecule has 0 unspecified atom stereocenters. The van der Waals surface area contributed by atoms with Gasteiger partial charge in [0.15, 0.2) is 12.1 Å². The van der Waals surface area contributed by atoms with Crippen LogP contribution in [0.25, 0.3) is 0 Å². The van der Waals surface area contributed by atoms with Gasteiger partial charge in [-0.05, 0) is 13.8 Å². The lowest BCUT2D eigenvalue weighted by Gasteiger charge is -2.33. The highest BCUT2D eigenvalue weighted by molar-refractivity contribution is 5.93. The number of hydrogen-bond donors (Lipinski definition) is 1. The Balaban J connectivity index is 2.17. The molecule has 15 heavy (non-hydrogen) atoms. The molecule has 0 spiro atoms. The molecule has 0 aromatic carbocycles. The molecule has 0 aliphatic carbocycles. The van der Waals surface area contributed by atoms with Crippen molar-refractivity contribution in [1.29, 1.82) is 0 Å². The predicted octanol–water partition coefficient (Wildman–Crippen LogP) is 0.417. The lowest BCUT2D eigenvalue weighted by atomic mass is 10.2. The van der Waals surface area contributed by atoms with Crippen molar-refractivity contribution in [3.63, 3.8) is 0 Å². The van der Waals surface area contributed by atoms with Crippen LogP contribution in [0.5, 0.6) is 0 Å². The molecule has 1 aromatic rings. The third-order valence-electron chi connectivity index (χ3n) is 2.71. The second kappa shape index (κ2) is 4.02. The van der Waals surface area contributed by atoms with Crippen LogP contribution in [-0.2, 0) is 0 Å². The van der Waals surface area contributed by atoms with E-state index in [1.165, 1.54) is 6.39 Å². The van der Waals surface area contributed by atoms with Crippen LogP contribution >= 0.6 is 0 Å². The van der Waals surface area contributed by atoms with Gasteiger partial charge in [0.25, 0.3) is 5.91 Å². The minimum absolute atomic E-state index is 0.0322. The molecule has 1 atom stereocenters. The number of amides is 1. The van der Waals surface area contributed by atoms with Crippen molar-refractivity contribution < 1.29 is 9.21 Å². The van der Waals surface area contributed by atoms with Crippen LogP contribution in [0.4, 0.5) is 0 Å². The number of piperazine rings is 1. The zero-order valence-corrected chi connectivity index (χ0v) is 8.99. The van der Waals surface area contributed by atoms with E-state index in [0.717, 1.165) is 19.6 Å². The number of rotatable bonds is 1. The van der Waals surface area contributed by atoms with E-state index in [1.807, 2.05) is 11.8 Å². The highest BCUT2D eigenvalue weighted by Crippen LogP contribution is 2.12. The number of nitrogens with one attached hydrogen (secondary N) is 1. The number of carbonyl (C=O) groups excluding carboxylic acids is 1. The fourth-order valence-corrected chi connectivity index (χ4v) is 1.79. The third-order valence-corrected chi connectivity index (χ3v) is 2.71. The van der Waals surface area contributed by atoms with Crippen LogP contribution in [-0.4, -0.2) is 41.5 Å². The number of hydrogen-bond acceptors (Lipinski definition) is 4. The van der Waals surface area contributed by atoms with E-state index in [9.17, 15) is 4.79 Å². The van der Waals surface area contributed by atoms with Gasteiger partial charge in [0.2, 0.25) is 0 Å². The van der Waals surface area contributed by atoms with Crippen molar-refractivity contribution in [3.05, 3.63) is 17.8 Å². The lowest BCUT2D eigenvalue weighted by Crippen LogP contribution is -2.52. The van der Waals surface area contributed by atoms with E-state index in [4.69, 9.17) is 4.42 Å². The Morgan fingerprint density at radius 3 is 3.13 bits per heavy atom. The number of oxazole rings is 1. The van der Waals surface area contributed by atoms with Crippen LogP contribution in [0.3, 0.4) is 0 Å². The molecule has 1 fully saturated rings. The van der Waals surface area contributed by atoms with E-state index in [-0.39, 0.29) is 11.9 Å². The molecule has 2 rings (SSSR count). The summed E-state index contributed by atoms with van der Waals surface area (Å²) >= 11 is 0. The lowest BCUT2D eigenvalue weighted by molar-refractivity contribution is 0.0648. The molecule has 0 saturated carbocycles. The van der Waals surface area contributed by atoms with E-state index >= 15 is 0 Å². The fraction of sp³-hybridized carbons (Fsp3) is 0.600. The molecular weight excluding hydrogens is 194 g/mol. The Hall–Kier alpha value is -1.36. The molecule has 1 N–H and O–H groups in total. The molecule has 82 valence electrons. The van der Waals surface area contributed by atoms with Crippen molar-refractivity contribution >= 4 is 5.91 Å². The average Bonchev–Trinajstić information content (AvgIpc) is 2.64. The minimum atomic E-state index is -0.0322. The number of aryl methyl sites for hydroxylation is 1. The summed E-state index contributed by atoms with van der Waals surface area (Å²) in [6.07, 6.45) is 1.31. The largest absolute Gasteiger partial charge is 0.448 e. The Kier molecular flexibility index (Phi) is 2.73. The summed E-state index contributed by atoms with van der Waals surface area (Å²) < 4.78 is 5.04. The van der Waals surface area contributed by atoms with E-state index < -0.39 is 0 Å². The molecule has 5 nitrogen and oxygen atoms in total. The summed E-state index contributed by atoms with van der Waals surface area (Å²) in [5, 5.41) is 3.24. The normalized spacial score (nSPS) is 21.7. The van der Waals surface area contributed by atoms with Crippen LogP contribution in [0.2, 0.25) is 0 Å². The molecule has 2 heterocycles. The Bertz CT molecular complexity index is 361. The quantitative estimate of drug-likeness (QED) is 0.728. The predicted molar refractivity (Wildman–Crippen MR) is 54.6 cm³/mol. The summed E-state index contributed by atoms with van der Waals surface area (Å²) in [4.78, 5) is 17.8. The van der Waals surface area contributed by atoms with Crippen molar-refractivity contribution in [2.24, 2.45) is 0 Å². The molecule has 1 aliphatic rings. The summed E-state index contributed by atoms with van der Waals surface area (Å²) in [5.74, 6) is 0.556. The Labute approximate surface area is 88.5 Å². The van der Waals surface area contributed by atoms with Crippen molar-refractivity contribution in [2.75, 3.05) is 19.6 Å². The van der Waals surface area contributed by atoms with Gasteiger partial charge in [-0.3, -0.25) is 4.79 Å². The number of aromatic nitrogens is 1. The van der Waals surface area contributed by atoms with Crippen molar-refractivity contribution in [1.82, 2.24) is 15.2 Å². The maximum absolute atomic E-state index is 12.1. The van der Waals surface area contributed by atoms with Gasteiger partial charge in [-0.15, -0.1) is 0 Å². The van der Waals surface area contributed by atoms with Crippen LogP contribution < -0.4 is 5.32 Å². The smallest absolute Gasteiger partial charge is 0.276 e. The summed E-state index contributed by atoms with van der Waals surface area (Å²) in [5.41, 5.74) is 0.434. The molecular formula is C10H15N3O2. The number of nitrogens with zero attached hydrogens (tertiary/aromatic N) is 2. The maximum atomic E-state index is 12.1. The average molecular weight is 209 g/mol. The van der Waals surface area contributed by atoms with Crippen molar-refractivity contribution in [2.45, 2.75) is 19.9 Å². The first-order valence-electron chi connectivity index (χ1n) is 5.12. The van der Waals surface area contributed by atoms with Crippen molar-refractivity contribution in [3.8, 4) is 0 Å². The molecule has 1 amide bonds. The van der Waals surface area contributed by atoms with Gasteiger partial charge in [-0.1, -0.05) is 0 Å². The van der Waals surface area contributed by atoms with Gasteiger partial charge in [0.05, 0.1) is 0 Å². The monoisotopic (exact) mass is 209 g/mol. The van der Waals surface area contributed by atoms with Crippen LogP contribution in [0.1, 0.15) is 23.2 Å². The molecule has 1 aromatic heterocycles. The van der Waals surface area contributed by atoms with E-state index in [1.54, 1.807) is 6.92 Å². The molecule has 1 saturated heterocycles. The zero-order valence-electron chi connectivity index (χ0n) is 8.99. The maximum Gasteiger partial charge on any atom is 0.276 e. The molecule has 0 bridgehead atoms. The van der Waals surface area contributed by atoms with Gasteiger partial charge < -0.3 is 14.6 Å². The fourth-order valence-electron chi connectivity index (χ4n) is 1.79. The second-order valence-electron chi connectivity index (χ2n) is 3.81. The van der Waals surface area contributed by atoms with Gasteiger partial charge in [-0.25, -0.2) is 4.98 Å².